The zero-order valence-electron chi connectivity index (χ0n) is 7.85. The van der Waals surface area contributed by atoms with Crippen LogP contribution in [0.4, 0.5) is 0 Å². The van der Waals surface area contributed by atoms with Gasteiger partial charge < -0.3 is 16.0 Å². The number of nitrogens with two attached hydrogens (primary N) is 1. The number of β-amino-alcohol motifs (C(OH)–C–C–N with tert-alkyl or cyclic N) is 1. The lowest BCUT2D eigenvalue weighted by molar-refractivity contribution is 0.0500. The largest absolute Gasteiger partial charge is 0.409 e. The number of aliphatic hydroxyl groups is 1. The van der Waals surface area contributed by atoms with E-state index in [2.05, 4.69) is 12.1 Å². The number of hydrogen-bond acceptors (Lipinski definition) is 4. The van der Waals surface area contributed by atoms with Gasteiger partial charge in [0.05, 0.1) is 12.6 Å². The van der Waals surface area contributed by atoms with Crippen molar-refractivity contribution in [2.45, 2.75) is 31.9 Å². The summed E-state index contributed by atoms with van der Waals surface area (Å²) < 4.78 is 0. The monoisotopic (exact) mass is 187 g/mol. The predicted molar refractivity (Wildman–Crippen MR) is 49.7 cm³/mol. The third-order valence-electron chi connectivity index (χ3n) is 2.48. The topological polar surface area (TPSA) is 82.1 Å². The molecule has 1 heterocycles. The Morgan fingerprint density at radius 1 is 1.62 bits per heavy atom. The number of piperidine rings is 1. The normalized spacial score (nSPS) is 32.0. The molecule has 4 N–H and O–H groups in total. The first-order valence-corrected chi connectivity index (χ1v) is 4.52. The van der Waals surface area contributed by atoms with Gasteiger partial charge in [-0.2, -0.15) is 0 Å². The molecule has 0 aromatic heterocycles. The van der Waals surface area contributed by atoms with Gasteiger partial charge in [0.25, 0.3) is 0 Å². The second kappa shape index (κ2) is 4.43. The van der Waals surface area contributed by atoms with Crippen LogP contribution in [-0.4, -0.2) is 46.3 Å². The van der Waals surface area contributed by atoms with Crippen LogP contribution in [0.5, 0.6) is 0 Å². The first-order chi connectivity index (χ1) is 6.13. The minimum atomic E-state index is -0.275. The van der Waals surface area contributed by atoms with E-state index in [1.54, 1.807) is 0 Å². The highest BCUT2D eigenvalue weighted by Gasteiger charge is 2.24. The lowest BCUT2D eigenvalue weighted by atomic mass is 10.0. The zero-order valence-corrected chi connectivity index (χ0v) is 7.85. The highest BCUT2D eigenvalue weighted by molar-refractivity contribution is 5.81. The van der Waals surface area contributed by atoms with Gasteiger partial charge in [-0.25, -0.2) is 0 Å². The molecule has 0 bridgehead atoms. The molecular formula is C8H17N3O2. The van der Waals surface area contributed by atoms with Gasteiger partial charge in [0, 0.05) is 12.6 Å². The molecule has 0 amide bonds. The Kier molecular flexibility index (Phi) is 3.50. The Balaban J connectivity index is 2.46. The van der Waals surface area contributed by atoms with E-state index in [1.807, 2.05) is 4.90 Å². The van der Waals surface area contributed by atoms with E-state index in [1.165, 1.54) is 0 Å². The standard InChI is InChI=1S/C8H17N3O2/c1-6-2-3-7(12)4-11(6)5-8(9)10-13/h6-7,12-13H,2-5H2,1H3,(H2,9,10). The summed E-state index contributed by atoms with van der Waals surface area (Å²) in [4.78, 5) is 2.02. The molecule has 1 fully saturated rings. The van der Waals surface area contributed by atoms with Crippen molar-refractivity contribution in [2.75, 3.05) is 13.1 Å². The van der Waals surface area contributed by atoms with E-state index < -0.39 is 0 Å². The maximum Gasteiger partial charge on any atom is 0.153 e. The van der Waals surface area contributed by atoms with Crippen molar-refractivity contribution in [3.05, 3.63) is 0 Å². The number of oxime groups is 1. The maximum absolute atomic E-state index is 9.40. The molecule has 13 heavy (non-hydrogen) atoms. The summed E-state index contributed by atoms with van der Waals surface area (Å²) in [5, 5.41) is 20.7. The third-order valence-corrected chi connectivity index (χ3v) is 2.48. The number of rotatable bonds is 2. The number of hydrogen-bond donors (Lipinski definition) is 3. The second-order valence-corrected chi connectivity index (χ2v) is 3.60. The molecule has 2 atom stereocenters. The molecule has 0 aliphatic carbocycles. The van der Waals surface area contributed by atoms with Crippen molar-refractivity contribution in [3.63, 3.8) is 0 Å². The molecule has 0 saturated carbocycles. The molecule has 0 radical (unpaired) electrons. The summed E-state index contributed by atoms with van der Waals surface area (Å²) in [6, 6.07) is 0.392. The van der Waals surface area contributed by atoms with Crippen LogP contribution in [0.15, 0.2) is 5.16 Å². The van der Waals surface area contributed by atoms with Gasteiger partial charge in [-0.3, -0.25) is 4.90 Å². The second-order valence-electron chi connectivity index (χ2n) is 3.60. The summed E-state index contributed by atoms with van der Waals surface area (Å²) in [5.74, 6) is 0.195. The summed E-state index contributed by atoms with van der Waals surface area (Å²) in [5.41, 5.74) is 5.39. The zero-order chi connectivity index (χ0) is 9.84. The number of aliphatic hydroxyl groups excluding tert-OH is 1. The average molecular weight is 187 g/mol. The van der Waals surface area contributed by atoms with Gasteiger partial charge in [0.15, 0.2) is 5.84 Å². The molecule has 1 rings (SSSR count). The molecule has 1 aliphatic heterocycles. The van der Waals surface area contributed by atoms with Crippen LogP contribution in [0.3, 0.4) is 0 Å². The summed E-state index contributed by atoms with van der Waals surface area (Å²) in [6.45, 7) is 3.11. The highest BCUT2D eigenvalue weighted by Crippen LogP contribution is 2.16. The van der Waals surface area contributed by atoms with Crippen LogP contribution in [0.2, 0.25) is 0 Å². The smallest absolute Gasteiger partial charge is 0.153 e. The average Bonchev–Trinajstić information content (AvgIpc) is 2.11. The molecule has 0 aromatic rings. The molecule has 76 valence electrons. The van der Waals surface area contributed by atoms with Crippen molar-refractivity contribution >= 4 is 5.84 Å². The van der Waals surface area contributed by atoms with Crippen LogP contribution in [-0.2, 0) is 0 Å². The van der Waals surface area contributed by atoms with E-state index in [0.29, 0.717) is 19.1 Å². The van der Waals surface area contributed by atoms with E-state index in [-0.39, 0.29) is 11.9 Å². The number of nitrogens with zero attached hydrogens (tertiary/aromatic N) is 2. The molecule has 5 nitrogen and oxygen atoms in total. The molecule has 0 aromatic carbocycles. The van der Waals surface area contributed by atoms with E-state index in [0.717, 1.165) is 12.8 Å². The minimum absolute atomic E-state index is 0.195. The Morgan fingerprint density at radius 3 is 2.92 bits per heavy atom. The van der Waals surface area contributed by atoms with Gasteiger partial charge in [-0.1, -0.05) is 5.16 Å². The van der Waals surface area contributed by atoms with Crippen LogP contribution in [0, 0.1) is 0 Å². The van der Waals surface area contributed by atoms with Crippen molar-refractivity contribution in [3.8, 4) is 0 Å². The van der Waals surface area contributed by atoms with Crippen molar-refractivity contribution in [1.29, 1.82) is 0 Å². The Hall–Kier alpha value is -0.810. The summed E-state index contributed by atoms with van der Waals surface area (Å²) >= 11 is 0. The Bertz CT molecular complexity index is 196. The first kappa shape index (κ1) is 10.3. The van der Waals surface area contributed by atoms with E-state index in [4.69, 9.17) is 10.9 Å². The van der Waals surface area contributed by atoms with Gasteiger partial charge in [0.1, 0.15) is 0 Å². The fraction of sp³-hybridized carbons (Fsp3) is 0.875. The van der Waals surface area contributed by atoms with Crippen LogP contribution >= 0.6 is 0 Å². The van der Waals surface area contributed by atoms with Gasteiger partial charge >= 0.3 is 0 Å². The van der Waals surface area contributed by atoms with Crippen molar-refractivity contribution < 1.29 is 10.3 Å². The first-order valence-electron chi connectivity index (χ1n) is 4.52. The van der Waals surface area contributed by atoms with Crippen LogP contribution in [0.1, 0.15) is 19.8 Å². The van der Waals surface area contributed by atoms with Gasteiger partial charge in [-0.15, -0.1) is 0 Å². The Morgan fingerprint density at radius 2 is 2.31 bits per heavy atom. The molecular weight excluding hydrogens is 170 g/mol. The molecule has 1 aliphatic rings. The fourth-order valence-corrected chi connectivity index (χ4v) is 1.62. The highest BCUT2D eigenvalue weighted by atomic mass is 16.4. The van der Waals surface area contributed by atoms with Gasteiger partial charge in [0.2, 0.25) is 0 Å². The molecule has 2 unspecified atom stereocenters. The summed E-state index contributed by atoms with van der Waals surface area (Å²) in [6.07, 6.45) is 1.52. The quantitative estimate of drug-likeness (QED) is 0.237. The number of amidine groups is 1. The maximum atomic E-state index is 9.40. The third kappa shape index (κ3) is 2.86. The molecule has 0 spiro atoms. The Labute approximate surface area is 77.8 Å². The lowest BCUT2D eigenvalue weighted by Gasteiger charge is -2.35. The van der Waals surface area contributed by atoms with Crippen molar-refractivity contribution in [2.24, 2.45) is 10.9 Å². The fourth-order valence-electron chi connectivity index (χ4n) is 1.62. The molecule has 1 saturated heterocycles. The van der Waals surface area contributed by atoms with E-state index >= 15 is 0 Å². The molecule has 5 heteroatoms. The van der Waals surface area contributed by atoms with Crippen LogP contribution < -0.4 is 5.73 Å². The predicted octanol–water partition coefficient (Wildman–Crippen LogP) is -0.422. The van der Waals surface area contributed by atoms with Crippen LogP contribution in [0.25, 0.3) is 0 Å². The number of likely N-dealkylation sites (tertiary alicyclic amines) is 1. The lowest BCUT2D eigenvalue weighted by Crippen LogP contribution is -2.47. The van der Waals surface area contributed by atoms with Gasteiger partial charge in [-0.05, 0) is 19.8 Å². The SMILES string of the molecule is CC1CCC(O)CN1C/C(N)=N/O. The van der Waals surface area contributed by atoms with Crippen molar-refractivity contribution in [1.82, 2.24) is 4.90 Å². The minimum Gasteiger partial charge on any atom is -0.409 e. The van der Waals surface area contributed by atoms with E-state index in [9.17, 15) is 5.11 Å². The summed E-state index contributed by atoms with van der Waals surface area (Å²) in [7, 11) is 0.